The lowest BCUT2D eigenvalue weighted by molar-refractivity contribution is 1.02. The quantitative estimate of drug-likeness (QED) is 0.921. The predicted molar refractivity (Wildman–Crippen MR) is 75.4 cm³/mol. The van der Waals surface area contributed by atoms with Gasteiger partial charge in [-0.25, -0.2) is 4.98 Å². The monoisotopic (exact) mass is 328 g/mol. The van der Waals surface area contributed by atoms with Crippen LogP contribution in [0.25, 0.3) is 0 Å². The van der Waals surface area contributed by atoms with E-state index in [1.54, 1.807) is 18.0 Å². The highest BCUT2D eigenvalue weighted by Crippen LogP contribution is 2.31. The highest BCUT2D eigenvalue weighted by atomic mass is 79.9. The van der Waals surface area contributed by atoms with Crippen molar-refractivity contribution in [3.05, 3.63) is 51.6 Å². The molecule has 2 rings (SSSR count). The van der Waals surface area contributed by atoms with Crippen LogP contribution in [0.1, 0.15) is 5.56 Å². The van der Waals surface area contributed by atoms with Gasteiger partial charge >= 0.3 is 0 Å². The zero-order valence-electron chi connectivity index (χ0n) is 8.86. The van der Waals surface area contributed by atoms with Crippen molar-refractivity contribution < 1.29 is 0 Å². The molecule has 1 heterocycles. The second kappa shape index (κ2) is 5.87. The molecule has 2 N–H and O–H groups in total. The zero-order chi connectivity index (χ0) is 12.3. The van der Waals surface area contributed by atoms with Crippen LogP contribution < -0.4 is 5.73 Å². The van der Waals surface area contributed by atoms with Gasteiger partial charge in [0.2, 0.25) is 0 Å². The molecule has 5 heteroatoms. The average Bonchev–Trinajstić information content (AvgIpc) is 2.34. The highest BCUT2D eigenvalue weighted by molar-refractivity contribution is 9.10. The third-order valence-corrected chi connectivity index (χ3v) is 3.93. The molecule has 88 valence electrons. The Hall–Kier alpha value is -0.550. The number of pyridine rings is 1. The third kappa shape index (κ3) is 3.45. The van der Waals surface area contributed by atoms with Crippen molar-refractivity contribution in [1.82, 2.24) is 4.98 Å². The van der Waals surface area contributed by atoms with Crippen LogP contribution in [0.15, 0.2) is 50.9 Å². The second-order valence-electron chi connectivity index (χ2n) is 3.37. The minimum atomic E-state index is 0.472. The van der Waals surface area contributed by atoms with Gasteiger partial charge < -0.3 is 5.73 Å². The summed E-state index contributed by atoms with van der Waals surface area (Å²) in [5.41, 5.74) is 6.73. The number of rotatable bonds is 3. The number of nitrogens with zero attached hydrogens (tertiary/aromatic N) is 1. The van der Waals surface area contributed by atoms with Crippen LogP contribution in [0.2, 0.25) is 5.02 Å². The van der Waals surface area contributed by atoms with Crippen molar-refractivity contribution in [2.24, 2.45) is 5.73 Å². The molecule has 0 bridgehead atoms. The van der Waals surface area contributed by atoms with Crippen LogP contribution in [0.3, 0.4) is 0 Å². The second-order valence-corrected chi connectivity index (χ2v) is 5.79. The van der Waals surface area contributed by atoms with E-state index in [0.29, 0.717) is 11.6 Å². The minimum absolute atomic E-state index is 0.472. The van der Waals surface area contributed by atoms with Crippen LogP contribution in [-0.4, -0.2) is 4.98 Å². The van der Waals surface area contributed by atoms with Gasteiger partial charge in [0.25, 0.3) is 0 Å². The first-order chi connectivity index (χ1) is 8.19. The van der Waals surface area contributed by atoms with Crippen LogP contribution in [0.5, 0.6) is 0 Å². The Balaban J connectivity index is 2.26. The smallest absolute Gasteiger partial charge is 0.101 e. The molecule has 0 spiro atoms. The van der Waals surface area contributed by atoms with Gasteiger partial charge in [-0.05, 0) is 51.8 Å². The summed E-state index contributed by atoms with van der Waals surface area (Å²) in [6.45, 7) is 0.472. The van der Waals surface area contributed by atoms with Crippen molar-refractivity contribution in [1.29, 1.82) is 0 Å². The molecule has 0 radical (unpaired) electrons. The molecule has 0 aliphatic heterocycles. The largest absolute Gasteiger partial charge is 0.326 e. The molecular formula is C12H10BrClN2S. The molecule has 0 fully saturated rings. The fraction of sp³-hybridized carbons (Fsp3) is 0.0833. The predicted octanol–water partition coefficient (Wildman–Crippen LogP) is 4.11. The molecule has 2 aromatic rings. The maximum atomic E-state index is 5.93. The number of hydrogen-bond acceptors (Lipinski definition) is 3. The van der Waals surface area contributed by atoms with E-state index >= 15 is 0 Å². The van der Waals surface area contributed by atoms with Crippen molar-refractivity contribution in [2.45, 2.75) is 16.5 Å². The fourth-order valence-corrected chi connectivity index (χ4v) is 2.65. The molecule has 0 aliphatic carbocycles. The SMILES string of the molecule is NCc1cc(Cl)ccc1Sc1ccc(Br)cn1. The van der Waals surface area contributed by atoms with Crippen LogP contribution >= 0.6 is 39.3 Å². The number of aromatic nitrogens is 1. The lowest BCUT2D eigenvalue weighted by Gasteiger charge is -2.07. The number of benzene rings is 1. The summed E-state index contributed by atoms with van der Waals surface area (Å²) < 4.78 is 0.969. The summed E-state index contributed by atoms with van der Waals surface area (Å²) in [4.78, 5) is 5.40. The van der Waals surface area contributed by atoms with E-state index in [2.05, 4.69) is 20.9 Å². The van der Waals surface area contributed by atoms with E-state index in [4.69, 9.17) is 17.3 Å². The Morgan fingerprint density at radius 2 is 2.12 bits per heavy atom. The van der Waals surface area contributed by atoms with Crippen LogP contribution in [0, 0.1) is 0 Å². The summed E-state index contributed by atoms with van der Waals surface area (Å²) >= 11 is 10.9. The summed E-state index contributed by atoms with van der Waals surface area (Å²) in [5, 5.41) is 1.64. The Morgan fingerprint density at radius 3 is 2.76 bits per heavy atom. The molecule has 17 heavy (non-hydrogen) atoms. The maximum absolute atomic E-state index is 5.93. The van der Waals surface area contributed by atoms with Crippen molar-refractivity contribution in [3.8, 4) is 0 Å². The van der Waals surface area contributed by atoms with Crippen LogP contribution in [0.4, 0.5) is 0 Å². The van der Waals surface area contributed by atoms with Gasteiger partial charge in [0.15, 0.2) is 0 Å². The number of hydrogen-bond donors (Lipinski definition) is 1. The van der Waals surface area contributed by atoms with Gasteiger partial charge in [-0.2, -0.15) is 0 Å². The first kappa shape index (κ1) is 12.9. The minimum Gasteiger partial charge on any atom is -0.326 e. The van der Waals surface area contributed by atoms with Crippen molar-refractivity contribution in [2.75, 3.05) is 0 Å². The van der Waals surface area contributed by atoms with E-state index in [1.807, 2.05) is 30.3 Å². The zero-order valence-corrected chi connectivity index (χ0v) is 12.0. The fourth-order valence-electron chi connectivity index (χ4n) is 1.34. The molecule has 2 nitrogen and oxygen atoms in total. The van der Waals surface area contributed by atoms with Gasteiger partial charge in [-0.15, -0.1) is 0 Å². The number of halogens is 2. The van der Waals surface area contributed by atoms with E-state index < -0.39 is 0 Å². The van der Waals surface area contributed by atoms with Crippen molar-refractivity contribution >= 4 is 39.3 Å². The number of nitrogens with two attached hydrogens (primary N) is 1. The standard InChI is InChI=1S/C12H10BrClN2S/c13-9-1-4-12(16-7-9)17-11-3-2-10(14)5-8(11)6-15/h1-5,7H,6,15H2. The van der Waals surface area contributed by atoms with Gasteiger partial charge in [-0.1, -0.05) is 23.4 Å². The Morgan fingerprint density at radius 1 is 1.29 bits per heavy atom. The molecule has 0 unspecified atom stereocenters. The Bertz CT molecular complexity index is 516. The molecule has 0 amide bonds. The molecule has 0 saturated heterocycles. The highest BCUT2D eigenvalue weighted by Gasteiger charge is 2.05. The maximum Gasteiger partial charge on any atom is 0.101 e. The topological polar surface area (TPSA) is 38.9 Å². The van der Waals surface area contributed by atoms with Gasteiger partial charge in [0.05, 0.1) is 0 Å². The summed E-state index contributed by atoms with van der Waals surface area (Å²) in [7, 11) is 0. The van der Waals surface area contributed by atoms with Gasteiger partial charge in [0.1, 0.15) is 5.03 Å². The van der Waals surface area contributed by atoms with E-state index in [1.165, 1.54) is 0 Å². The molecule has 1 aromatic carbocycles. The van der Waals surface area contributed by atoms with E-state index in [0.717, 1.165) is 20.0 Å². The molecule has 1 aromatic heterocycles. The van der Waals surface area contributed by atoms with Gasteiger partial charge in [0, 0.05) is 27.1 Å². The lowest BCUT2D eigenvalue weighted by atomic mass is 10.2. The molecular weight excluding hydrogens is 320 g/mol. The first-order valence-electron chi connectivity index (χ1n) is 4.97. The third-order valence-electron chi connectivity index (χ3n) is 2.16. The first-order valence-corrected chi connectivity index (χ1v) is 6.95. The van der Waals surface area contributed by atoms with Crippen molar-refractivity contribution in [3.63, 3.8) is 0 Å². The van der Waals surface area contributed by atoms with E-state index in [9.17, 15) is 0 Å². The lowest BCUT2D eigenvalue weighted by Crippen LogP contribution is -1.98. The molecule has 0 atom stereocenters. The van der Waals surface area contributed by atoms with Gasteiger partial charge in [-0.3, -0.25) is 0 Å². The van der Waals surface area contributed by atoms with E-state index in [-0.39, 0.29) is 0 Å². The van der Waals surface area contributed by atoms with Crippen LogP contribution in [-0.2, 0) is 6.54 Å². The summed E-state index contributed by atoms with van der Waals surface area (Å²) in [5.74, 6) is 0. The summed E-state index contributed by atoms with van der Waals surface area (Å²) in [6.07, 6.45) is 1.78. The molecule has 0 saturated carbocycles. The average molecular weight is 330 g/mol. The summed E-state index contributed by atoms with van der Waals surface area (Å²) in [6, 6.07) is 9.65. The molecule has 0 aliphatic rings. The Kier molecular flexibility index (Phi) is 4.45. The Labute approximate surface area is 118 Å². The normalized spacial score (nSPS) is 10.5.